The minimum absolute atomic E-state index is 0.214. The van der Waals surface area contributed by atoms with Crippen LogP contribution in [0.1, 0.15) is 16.8 Å². The number of nitrogens with one attached hydrogen (secondary N) is 1. The van der Waals surface area contributed by atoms with E-state index in [1.54, 1.807) is 19.1 Å². The molecular formula is C18H12F6N4. The first-order chi connectivity index (χ1) is 13.0. The first-order valence-electron chi connectivity index (χ1n) is 7.84. The summed E-state index contributed by atoms with van der Waals surface area (Å²) in [7, 11) is 0. The summed E-state index contributed by atoms with van der Waals surface area (Å²) in [6, 6.07) is 6.41. The number of hydrogen-bond donors (Lipinski definition) is 1. The summed E-state index contributed by atoms with van der Waals surface area (Å²) in [6.07, 6.45) is -6.21. The smallest absolute Gasteiger partial charge is 0.324 e. The molecule has 3 rings (SSSR count). The quantitative estimate of drug-likeness (QED) is 0.581. The van der Waals surface area contributed by atoms with Crippen molar-refractivity contribution in [3.8, 4) is 11.1 Å². The second-order valence-electron chi connectivity index (χ2n) is 5.94. The maximum Gasteiger partial charge on any atom is 0.433 e. The summed E-state index contributed by atoms with van der Waals surface area (Å²) < 4.78 is 77.0. The molecule has 0 aliphatic rings. The van der Waals surface area contributed by atoms with E-state index >= 15 is 0 Å². The van der Waals surface area contributed by atoms with Crippen molar-refractivity contribution in [2.24, 2.45) is 0 Å². The Morgan fingerprint density at radius 2 is 1.61 bits per heavy atom. The van der Waals surface area contributed by atoms with Gasteiger partial charge in [-0.1, -0.05) is 6.07 Å². The summed E-state index contributed by atoms with van der Waals surface area (Å²) in [6.45, 7) is 1.70. The zero-order valence-corrected chi connectivity index (χ0v) is 14.2. The van der Waals surface area contributed by atoms with Gasteiger partial charge in [0.05, 0.1) is 5.56 Å². The lowest BCUT2D eigenvalue weighted by atomic mass is 10.0. The fraction of sp³-hybridized carbons (Fsp3) is 0.167. The van der Waals surface area contributed by atoms with Gasteiger partial charge >= 0.3 is 12.4 Å². The van der Waals surface area contributed by atoms with Crippen LogP contribution in [0, 0.1) is 6.92 Å². The van der Waals surface area contributed by atoms with Crippen LogP contribution in [0.5, 0.6) is 0 Å². The maximum atomic E-state index is 12.9. The summed E-state index contributed by atoms with van der Waals surface area (Å²) in [5.74, 6) is -0.284. The van der Waals surface area contributed by atoms with E-state index in [1.807, 2.05) is 0 Å². The lowest BCUT2D eigenvalue weighted by Gasteiger charge is -2.12. The van der Waals surface area contributed by atoms with Gasteiger partial charge < -0.3 is 5.32 Å². The van der Waals surface area contributed by atoms with Gasteiger partial charge in [-0.15, -0.1) is 0 Å². The molecule has 2 aromatic heterocycles. The maximum absolute atomic E-state index is 12.9. The second-order valence-corrected chi connectivity index (χ2v) is 5.94. The molecule has 0 saturated heterocycles. The van der Waals surface area contributed by atoms with Gasteiger partial charge in [-0.3, -0.25) is 4.98 Å². The minimum Gasteiger partial charge on any atom is -0.324 e. The highest BCUT2D eigenvalue weighted by molar-refractivity contribution is 5.70. The molecule has 0 atom stereocenters. The van der Waals surface area contributed by atoms with Crippen LogP contribution >= 0.6 is 0 Å². The first-order valence-corrected chi connectivity index (χ1v) is 7.84. The third kappa shape index (κ3) is 4.56. The second kappa shape index (κ2) is 7.10. The van der Waals surface area contributed by atoms with Crippen molar-refractivity contribution in [1.82, 2.24) is 15.0 Å². The molecule has 4 nitrogen and oxygen atoms in total. The molecule has 3 aromatic rings. The van der Waals surface area contributed by atoms with Gasteiger partial charge in [0.2, 0.25) is 5.95 Å². The molecule has 10 heteroatoms. The Morgan fingerprint density at radius 3 is 2.29 bits per heavy atom. The number of alkyl halides is 6. The van der Waals surface area contributed by atoms with E-state index < -0.39 is 23.6 Å². The fourth-order valence-corrected chi connectivity index (χ4v) is 2.48. The van der Waals surface area contributed by atoms with Crippen molar-refractivity contribution < 1.29 is 26.3 Å². The van der Waals surface area contributed by atoms with Crippen molar-refractivity contribution in [1.29, 1.82) is 0 Å². The van der Waals surface area contributed by atoms with E-state index in [0.29, 0.717) is 16.8 Å². The molecule has 28 heavy (non-hydrogen) atoms. The van der Waals surface area contributed by atoms with Crippen molar-refractivity contribution in [2.45, 2.75) is 19.3 Å². The van der Waals surface area contributed by atoms with Crippen LogP contribution in [-0.4, -0.2) is 15.0 Å². The molecule has 0 amide bonds. The molecule has 0 fully saturated rings. The Bertz CT molecular complexity index is 998. The van der Waals surface area contributed by atoms with Crippen molar-refractivity contribution in [2.75, 3.05) is 5.32 Å². The molecule has 0 spiro atoms. The van der Waals surface area contributed by atoms with E-state index in [9.17, 15) is 26.3 Å². The molecule has 2 heterocycles. The topological polar surface area (TPSA) is 50.7 Å². The number of pyridine rings is 1. The van der Waals surface area contributed by atoms with Gasteiger partial charge in [-0.2, -0.15) is 26.3 Å². The summed E-state index contributed by atoms with van der Waals surface area (Å²) >= 11 is 0. The van der Waals surface area contributed by atoms with Gasteiger partial charge in [0.15, 0.2) is 0 Å². The highest BCUT2D eigenvalue weighted by Gasteiger charge is 2.33. The Morgan fingerprint density at radius 1 is 0.857 bits per heavy atom. The zero-order valence-electron chi connectivity index (χ0n) is 14.2. The predicted octanol–water partition coefficient (Wildman–Crippen LogP) is 5.63. The Hall–Kier alpha value is -3.17. The van der Waals surface area contributed by atoms with Crippen LogP contribution in [0.2, 0.25) is 0 Å². The monoisotopic (exact) mass is 398 g/mol. The Kier molecular flexibility index (Phi) is 4.97. The van der Waals surface area contributed by atoms with E-state index in [-0.39, 0.29) is 11.5 Å². The number of nitrogens with zero attached hydrogens (tertiary/aromatic N) is 3. The standard InChI is InChI=1S/C18H12F6N4/c1-10-4-11(12-6-13(9-25-8-12)17(19,20)21)7-14(5-10)27-16-26-3-2-15(28-16)18(22,23)24/h2-9H,1H3,(H,26,27,28). The highest BCUT2D eigenvalue weighted by Crippen LogP contribution is 2.33. The van der Waals surface area contributed by atoms with E-state index in [0.717, 1.165) is 24.5 Å². The highest BCUT2D eigenvalue weighted by atomic mass is 19.4. The van der Waals surface area contributed by atoms with E-state index in [1.165, 1.54) is 12.3 Å². The van der Waals surface area contributed by atoms with Gasteiger partial charge in [0.25, 0.3) is 0 Å². The molecule has 1 aromatic carbocycles. The fourth-order valence-electron chi connectivity index (χ4n) is 2.48. The molecular weight excluding hydrogens is 386 g/mol. The minimum atomic E-state index is -4.62. The zero-order chi connectivity index (χ0) is 20.5. The van der Waals surface area contributed by atoms with Gasteiger partial charge in [0, 0.05) is 29.8 Å². The van der Waals surface area contributed by atoms with Crippen LogP contribution in [0.15, 0.2) is 48.9 Å². The average Bonchev–Trinajstić information content (AvgIpc) is 2.60. The SMILES string of the molecule is Cc1cc(Nc2nccc(C(F)(F)F)n2)cc(-c2cncc(C(F)(F)F)c2)c1. The molecule has 0 unspecified atom stereocenters. The first kappa shape index (κ1) is 19.6. The summed E-state index contributed by atoms with van der Waals surface area (Å²) in [5, 5.41) is 2.65. The molecule has 0 bridgehead atoms. The van der Waals surface area contributed by atoms with Crippen LogP contribution in [0.4, 0.5) is 38.0 Å². The van der Waals surface area contributed by atoms with Crippen molar-refractivity contribution >= 4 is 11.6 Å². The number of aromatic nitrogens is 3. The third-order valence-electron chi connectivity index (χ3n) is 3.68. The average molecular weight is 398 g/mol. The van der Waals surface area contributed by atoms with E-state index in [2.05, 4.69) is 20.3 Å². The van der Waals surface area contributed by atoms with Gasteiger partial charge in [-0.25, -0.2) is 9.97 Å². The van der Waals surface area contributed by atoms with Crippen molar-refractivity contribution in [3.63, 3.8) is 0 Å². The van der Waals surface area contributed by atoms with Gasteiger partial charge in [0.1, 0.15) is 5.69 Å². The summed E-state index contributed by atoms with van der Waals surface area (Å²) in [4.78, 5) is 10.8. The number of benzene rings is 1. The number of aryl methyl sites for hydroxylation is 1. The van der Waals surface area contributed by atoms with Crippen LogP contribution in [-0.2, 0) is 12.4 Å². The Balaban J connectivity index is 1.95. The molecule has 0 aliphatic carbocycles. The van der Waals surface area contributed by atoms with Crippen LogP contribution in [0.25, 0.3) is 11.1 Å². The number of halogens is 6. The lowest BCUT2D eigenvalue weighted by Crippen LogP contribution is -2.10. The lowest BCUT2D eigenvalue weighted by molar-refractivity contribution is -0.141. The summed E-state index contributed by atoms with van der Waals surface area (Å²) in [5.41, 5.74) is -0.391. The largest absolute Gasteiger partial charge is 0.433 e. The van der Waals surface area contributed by atoms with E-state index in [4.69, 9.17) is 0 Å². The molecule has 0 saturated carbocycles. The predicted molar refractivity (Wildman–Crippen MR) is 89.7 cm³/mol. The number of rotatable bonds is 3. The molecule has 0 radical (unpaired) electrons. The van der Waals surface area contributed by atoms with Crippen LogP contribution in [0.3, 0.4) is 0 Å². The Labute approximate surface area is 155 Å². The van der Waals surface area contributed by atoms with Crippen LogP contribution < -0.4 is 5.32 Å². The number of hydrogen-bond acceptors (Lipinski definition) is 4. The van der Waals surface area contributed by atoms with Gasteiger partial charge in [-0.05, 0) is 42.3 Å². The normalized spacial score (nSPS) is 12.1. The molecule has 1 N–H and O–H groups in total. The number of anilines is 2. The van der Waals surface area contributed by atoms with Crippen molar-refractivity contribution in [3.05, 3.63) is 65.7 Å². The third-order valence-corrected chi connectivity index (χ3v) is 3.68. The molecule has 0 aliphatic heterocycles. The molecule has 146 valence electrons.